The number of carbonyl (C=O) groups is 1. The summed E-state index contributed by atoms with van der Waals surface area (Å²) in [6.07, 6.45) is 2.34. The number of rotatable bonds is 7. The number of benzene rings is 1. The number of pyridine rings is 1. The average Bonchev–Trinajstić information content (AvgIpc) is 2.55. The summed E-state index contributed by atoms with van der Waals surface area (Å²) in [4.78, 5) is 16.6. The van der Waals surface area contributed by atoms with Gasteiger partial charge in [0.1, 0.15) is 11.5 Å². The normalized spacial score (nSPS) is 12.7. The fourth-order valence-corrected chi connectivity index (χ4v) is 2.70. The Morgan fingerprint density at radius 3 is 2.36 bits per heavy atom. The Bertz CT molecular complexity index is 687. The molecule has 0 fully saturated rings. The summed E-state index contributed by atoms with van der Waals surface area (Å²) in [7, 11) is 0. The number of Topliss-reactive ketones (excluding diaryl/α,β-unsaturated/α-hetero) is 1. The molecule has 0 saturated carbocycles. The third-order valence-electron chi connectivity index (χ3n) is 4.24. The molecule has 1 aromatic carbocycles. The maximum atomic E-state index is 12.3. The number of halogens is 1. The lowest BCUT2D eigenvalue weighted by Crippen LogP contribution is -2.12. The van der Waals surface area contributed by atoms with Gasteiger partial charge in [-0.25, -0.2) is 4.39 Å². The second-order valence-electron chi connectivity index (χ2n) is 7.44. The van der Waals surface area contributed by atoms with Crippen molar-refractivity contribution < 1.29 is 13.9 Å². The van der Waals surface area contributed by atoms with Crippen LogP contribution in [0.4, 0.5) is 4.39 Å². The summed E-state index contributed by atoms with van der Waals surface area (Å²) in [5, 5.41) is 0. The first-order valence-electron chi connectivity index (χ1n) is 8.55. The Labute approximate surface area is 149 Å². The molecule has 0 saturated heterocycles. The quantitative estimate of drug-likeness (QED) is 0.711. The van der Waals surface area contributed by atoms with Gasteiger partial charge < -0.3 is 4.74 Å². The van der Waals surface area contributed by atoms with Crippen LogP contribution in [0.15, 0.2) is 42.6 Å². The SMILES string of the molecule is C[C@@H](CC(=O)Cc1ccc(C(C)(C)C)cc1)c1ccc(OCF)cn1. The number of alkyl halides is 1. The predicted octanol–water partition coefficient (Wildman–Crippen LogP) is 4.99. The zero-order valence-electron chi connectivity index (χ0n) is 15.4. The van der Waals surface area contributed by atoms with Crippen molar-refractivity contribution in [2.75, 3.05) is 6.86 Å². The first-order valence-corrected chi connectivity index (χ1v) is 8.55. The highest BCUT2D eigenvalue weighted by Crippen LogP contribution is 2.23. The lowest BCUT2D eigenvalue weighted by molar-refractivity contribution is -0.118. The second kappa shape index (κ2) is 8.24. The van der Waals surface area contributed by atoms with Gasteiger partial charge in [-0.1, -0.05) is 52.0 Å². The van der Waals surface area contributed by atoms with Gasteiger partial charge in [-0.05, 0) is 28.7 Å². The first-order chi connectivity index (χ1) is 11.8. The van der Waals surface area contributed by atoms with Gasteiger partial charge in [-0.3, -0.25) is 9.78 Å². The van der Waals surface area contributed by atoms with Crippen LogP contribution in [0.25, 0.3) is 0 Å². The molecule has 0 spiro atoms. The van der Waals surface area contributed by atoms with Crippen molar-refractivity contribution in [3.8, 4) is 5.75 Å². The monoisotopic (exact) mass is 343 g/mol. The molecule has 25 heavy (non-hydrogen) atoms. The third kappa shape index (κ3) is 5.66. The van der Waals surface area contributed by atoms with E-state index in [0.29, 0.717) is 18.6 Å². The van der Waals surface area contributed by atoms with Crippen LogP contribution >= 0.6 is 0 Å². The summed E-state index contributed by atoms with van der Waals surface area (Å²) in [6.45, 7) is 7.62. The summed E-state index contributed by atoms with van der Waals surface area (Å²) >= 11 is 0. The number of ketones is 1. The lowest BCUT2D eigenvalue weighted by Gasteiger charge is -2.19. The van der Waals surface area contributed by atoms with Gasteiger partial charge in [-0.15, -0.1) is 0 Å². The van der Waals surface area contributed by atoms with E-state index in [4.69, 9.17) is 4.74 Å². The van der Waals surface area contributed by atoms with Crippen molar-refractivity contribution in [3.63, 3.8) is 0 Å². The Hall–Kier alpha value is -2.23. The highest BCUT2D eigenvalue weighted by molar-refractivity contribution is 5.81. The van der Waals surface area contributed by atoms with Gasteiger partial charge in [0.15, 0.2) is 0 Å². The van der Waals surface area contributed by atoms with E-state index >= 15 is 0 Å². The molecule has 2 rings (SSSR count). The van der Waals surface area contributed by atoms with Crippen LogP contribution in [0.1, 0.15) is 56.9 Å². The number of aromatic nitrogens is 1. The number of ether oxygens (including phenoxy) is 1. The van der Waals surface area contributed by atoms with E-state index in [2.05, 4.69) is 37.9 Å². The minimum absolute atomic E-state index is 0.0146. The smallest absolute Gasteiger partial charge is 0.228 e. The van der Waals surface area contributed by atoms with Gasteiger partial charge in [0, 0.05) is 24.5 Å². The molecule has 0 bridgehead atoms. The zero-order chi connectivity index (χ0) is 18.4. The molecule has 0 radical (unpaired) electrons. The van der Waals surface area contributed by atoms with Crippen LogP contribution in [-0.2, 0) is 16.6 Å². The van der Waals surface area contributed by atoms with Gasteiger partial charge >= 0.3 is 0 Å². The highest BCUT2D eigenvalue weighted by Gasteiger charge is 2.15. The average molecular weight is 343 g/mol. The predicted molar refractivity (Wildman–Crippen MR) is 97.7 cm³/mol. The molecule has 1 aromatic heterocycles. The molecule has 1 heterocycles. The molecule has 1 atom stereocenters. The molecular weight excluding hydrogens is 317 g/mol. The number of hydrogen-bond donors (Lipinski definition) is 0. The fraction of sp³-hybridized carbons (Fsp3) is 0.429. The van der Waals surface area contributed by atoms with Crippen LogP contribution in [0.2, 0.25) is 0 Å². The van der Waals surface area contributed by atoms with Crippen molar-refractivity contribution in [1.82, 2.24) is 4.98 Å². The highest BCUT2D eigenvalue weighted by atomic mass is 19.1. The minimum atomic E-state index is -0.872. The lowest BCUT2D eigenvalue weighted by atomic mass is 9.86. The molecule has 3 nitrogen and oxygen atoms in total. The Morgan fingerprint density at radius 1 is 1.16 bits per heavy atom. The Kier molecular flexibility index (Phi) is 6.29. The van der Waals surface area contributed by atoms with Crippen LogP contribution in [0.5, 0.6) is 5.75 Å². The van der Waals surface area contributed by atoms with Gasteiger partial charge in [0.05, 0.1) is 6.20 Å². The third-order valence-corrected chi connectivity index (χ3v) is 4.24. The van der Waals surface area contributed by atoms with Crippen molar-refractivity contribution in [2.45, 2.75) is 51.9 Å². The summed E-state index contributed by atoms with van der Waals surface area (Å²) in [5.74, 6) is 0.589. The van der Waals surface area contributed by atoms with Crippen molar-refractivity contribution in [2.24, 2.45) is 0 Å². The molecule has 0 N–H and O–H groups in total. The second-order valence-corrected chi connectivity index (χ2v) is 7.44. The van der Waals surface area contributed by atoms with E-state index < -0.39 is 6.86 Å². The van der Waals surface area contributed by atoms with Crippen LogP contribution in [-0.4, -0.2) is 17.6 Å². The van der Waals surface area contributed by atoms with Gasteiger partial charge in [0.25, 0.3) is 0 Å². The summed E-state index contributed by atoms with van der Waals surface area (Å²) in [5.41, 5.74) is 3.21. The van der Waals surface area contributed by atoms with Crippen molar-refractivity contribution in [3.05, 3.63) is 59.4 Å². The van der Waals surface area contributed by atoms with E-state index in [0.717, 1.165) is 11.3 Å². The molecule has 0 aliphatic carbocycles. The number of nitrogens with zero attached hydrogens (tertiary/aromatic N) is 1. The zero-order valence-corrected chi connectivity index (χ0v) is 15.4. The fourth-order valence-electron chi connectivity index (χ4n) is 2.70. The number of carbonyl (C=O) groups excluding carboxylic acids is 1. The molecule has 0 unspecified atom stereocenters. The van der Waals surface area contributed by atoms with E-state index in [1.165, 1.54) is 11.8 Å². The molecule has 0 amide bonds. The largest absolute Gasteiger partial charge is 0.461 e. The minimum Gasteiger partial charge on any atom is -0.461 e. The topological polar surface area (TPSA) is 39.2 Å². The van der Waals surface area contributed by atoms with Crippen LogP contribution < -0.4 is 4.74 Å². The molecular formula is C21H26FNO2. The first kappa shape index (κ1) is 19.1. The van der Waals surface area contributed by atoms with Gasteiger partial charge in [-0.2, -0.15) is 0 Å². The molecule has 0 aliphatic rings. The number of hydrogen-bond acceptors (Lipinski definition) is 3. The maximum absolute atomic E-state index is 12.3. The van der Waals surface area contributed by atoms with E-state index in [1.54, 1.807) is 12.1 Å². The van der Waals surface area contributed by atoms with E-state index in [-0.39, 0.29) is 17.1 Å². The molecule has 4 heteroatoms. The van der Waals surface area contributed by atoms with Crippen LogP contribution in [0, 0.1) is 0 Å². The standard InChI is InChI=1S/C21H26FNO2/c1-15(20-10-9-19(13-23-20)25-14-22)11-18(24)12-16-5-7-17(8-6-16)21(2,3)4/h5-10,13,15H,11-12,14H2,1-4H3/t15-/m0/s1. The Morgan fingerprint density at radius 2 is 1.84 bits per heavy atom. The van der Waals surface area contributed by atoms with Crippen molar-refractivity contribution in [1.29, 1.82) is 0 Å². The molecule has 2 aromatic rings. The van der Waals surface area contributed by atoms with E-state index in [9.17, 15) is 9.18 Å². The molecule has 0 aliphatic heterocycles. The van der Waals surface area contributed by atoms with Crippen LogP contribution in [0.3, 0.4) is 0 Å². The van der Waals surface area contributed by atoms with E-state index in [1.807, 2.05) is 19.1 Å². The van der Waals surface area contributed by atoms with Crippen molar-refractivity contribution >= 4 is 5.78 Å². The Balaban J connectivity index is 1.92. The molecule has 134 valence electrons. The summed E-state index contributed by atoms with van der Waals surface area (Å²) < 4.78 is 16.9. The maximum Gasteiger partial charge on any atom is 0.228 e. The van der Waals surface area contributed by atoms with Gasteiger partial charge in [0.2, 0.25) is 6.86 Å². The summed E-state index contributed by atoms with van der Waals surface area (Å²) in [6, 6.07) is 11.7.